The molecule has 0 saturated carbocycles. The molecule has 0 fully saturated rings. The van der Waals surface area contributed by atoms with E-state index < -0.39 is 0 Å². The number of benzene rings is 5. The van der Waals surface area contributed by atoms with E-state index in [4.69, 9.17) is 16.0 Å². The number of hydrogen-bond acceptors (Lipinski definition) is 4. The van der Waals surface area contributed by atoms with Crippen LogP contribution < -0.4 is 0 Å². The molecule has 10 rings (SSSR count). The minimum absolute atomic E-state index is 0.180. The zero-order valence-electron chi connectivity index (χ0n) is 24.2. The summed E-state index contributed by atoms with van der Waals surface area (Å²) >= 11 is 8.46. The summed E-state index contributed by atoms with van der Waals surface area (Å²) in [7, 11) is 0. The van der Waals surface area contributed by atoms with Crippen LogP contribution in [-0.4, -0.2) is 14.5 Å². The Kier molecular flexibility index (Phi) is 5.15. The fraction of sp³-hybridized carbons (Fsp3) is 0.0769. The molecule has 3 aromatic heterocycles. The van der Waals surface area contributed by atoms with Crippen molar-refractivity contribution in [2.75, 3.05) is 0 Å². The highest BCUT2D eigenvalue weighted by Gasteiger charge is 2.52. The number of halogens is 1. The molecule has 6 heteroatoms. The van der Waals surface area contributed by atoms with Crippen molar-refractivity contribution in [3.8, 4) is 28.2 Å². The van der Waals surface area contributed by atoms with Gasteiger partial charge in [0.25, 0.3) is 0 Å². The van der Waals surface area contributed by atoms with Crippen LogP contribution in [0, 0.1) is 0 Å². The molecule has 214 valence electrons. The molecule has 8 aromatic rings. The van der Waals surface area contributed by atoms with Gasteiger partial charge in [0.1, 0.15) is 16.8 Å². The van der Waals surface area contributed by atoms with E-state index in [1.165, 1.54) is 43.7 Å². The number of rotatable bonds is 2. The number of aromatic nitrogens is 3. The first kappa shape index (κ1) is 25.5. The van der Waals surface area contributed by atoms with Crippen molar-refractivity contribution in [1.82, 2.24) is 14.5 Å². The zero-order chi connectivity index (χ0) is 29.9. The van der Waals surface area contributed by atoms with Crippen molar-refractivity contribution >= 4 is 56.3 Å². The lowest BCUT2D eigenvalue weighted by atomic mass is 9.66. The summed E-state index contributed by atoms with van der Waals surface area (Å²) in [6.45, 7) is 2.45. The Balaban J connectivity index is 1.22. The van der Waals surface area contributed by atoms with E-state index in [1.54, 1.807) is 0 Å². The van der Waals surface area contributed by atoms with Gasteiger partial charge in [0.2, 0.25) is 5.28 Å². The number of hydrogen-bond donors (Lipinski definition) is 0. The lowest BCUT2D eigenvalue weighted by Gasteiger charge is -2.39. The molecule has 0 spiro atoms. The van der Waals surface area contributed by atoms with Crippen LogP contribution in [0.4, 0.5) is 0 Å². The lowest BCUT2D eigenvalue weighted by Crippen LogP contribution is -2.31. The molecule has 1 aliphatic heterocycles. The van der Waals surface area contributed by atoms with Crippen molar-refractivity contribution in [2.24, 2.45) is 0 Å². The average Bonchev–Trinajstić information content (AvgIpc) is 3.73. The van der Waals surface area contributed by atoms with Crippen molar-refractivity contribution in [2.45, 2.75) is 22.5 Å². The first-order valence-electron chi connectivity index (χ1n) is 15.1. The largest absolute Gasteiger partial charge is 0.452 e. The predicted molar refractivity (Wildman–Crippen MR) is 184 cm³/mol. The van der Waals surface area contributed by atoms with Crippen molar-refractivity contribution in [1.29, 1.82) is 0 Å². The molecule has 0 bridgehead atoms. The molecule has 0 radical (unpaired) electrons. The minimum Gasteiger partial charge on any atom is -0.452 e. The molecule has 2 aliphatic rings. The highest BCUT2D eigenvalue weighted by molar-refractivity contribution is 8.00. The Morgan fingerprint density at radius 3 is 2.40 bits per heavy atom. The number of nitrogens with zero attached hydrogens (tertiary/aromatic N) is 3. The summed E-state index contributed by atoms with van der Waals surface area (Å²) in [5.41, 5.74) is 12.6. The first-order valence-corrected chi connectivity index (χ1v) is 16.3. The van der Waals surface area contributed by atoms with E-state index in [9.17, 15) is 0 Å². The summed E-state index contributed by atoms with van der Waals surface area (Å²) in [5.74, 6) is 0. The Bertz CT molecular complexity index is 2510. The molecule has 2 unspecified atom stereocenters. The van der Waals surface area contributed by atoms with Crippen LogP contribution in [0.1, 0.15) is 28.9 Å². The molecule has 4 nitrogen and oxygen atoms in total. The third-order valence-corrected chi connectivity index (χ3v) is 11.4. The summed E-state index contributed by atoms with van der Waals surface area (Å²) in [6, 6.07) is 43.2. The number of para-hydroxylation sites is 2. The van der Waals surface area contributed by atoms with Crippen molar-refractivity contribution in [3.05, 3.63) is 143 Å². The van der Waals surface area contributed by atoms with E-state index in [1.807, 2.05) is 36.0 Å². The van der Waals surface area contributed by atoms with Gasteiger partial charge in [-0.05, 0) is 71.6 Å². The van der Waals surface area contributed by atoms with Crippen LogP contribution in [0.5, 0.6) is 0 Å². The maximum Gasteiger partial charge on any atom is 0.223 e. The van der Waals surface area contributed by atoms with E-state index in [-0.39, 0.29) is 10.7 Å². The van der Waals surface area contributed by atoms with Crippen LogP contribution in [0.25, 0.3) is 61.2 Å². The van der Waals surface area contributed by atoms with Crippen LogP contribution in [0.3, 0.4) is 0 Å². The highest BCUT2D eigenvalue weighted by Crippen LogP contribution is 2.67. The number of fused-ring (bicyclic) bond motifs is 13. The monoisotopic (exact) mass is 617 g/mol. The lowest BCUT2D eigenvalue weighted by molar-refractivity contribution is 0.560. The molecule has 0 saturated heterocycles. The van der Waals surface area contributed by atoms with Crippen LogP contribution in [-0.2, 0) is 5.41 Å². The molecule has 0 amide bonds. The van der Waals surface area contributed by atoms with Gasteiger partial charge in [-0.15, -0.1) is 11.8 Å². The van der Waals surface area contributed by atoms with Gasteiger partial charge >= 0.3 is 0 Å². The van der Waals surface area contributed by atoms with E-state index in [2.05, 4.69) is 119 Å². The Hall–Kier alpha value is -4.84. The van der Waals surface area contributed by atoms with E-state index in [0.717, 1.165) is 27.7 Å². The molecular formula is C39H24ClN3OS. The maximum absolute atomic E-state index is 6.46. The van der Waals surface area contributed by atoms with Crippen LogP contribution in [0.15, 0.2) is 131 Å². The number of furan rings is 1. The third-order valence-electron chi connectivity index (χ3n) is 9.70. The maximum atomic E-state index is 6.46. The molecule has 4 heterocycles. The second-order valence-electron chi connectivity index (χ2n) is 12.0. The molecule has 0 N–H and O–H groups in total. The SMILES string of the molecule is CC12c3ccccc3SC1c1ccccc1-c1c2c2ccccc2n1-c1ccc(-c2nc(Cl)nc3c2oc2ccccc23)cc1. The fourth-order valence-corrected chi connectivity index (χ4v) is 9.58. The normalized spacial score (nSPS) is 18.2. The van der Waals surface area contributed by atoms with Gasteiger partial charge < -0.3 is 8.98 Å². The first-order chi connectivity index (χ1) is 22.1. The van der Waals surface area contributed by atoms with Gasteiger partial charge in [-0.25, -0.2) is 9.97 Å². The zero-order valence-corrected chi connectivity index (χ0v) is 25.7. The second-order valence-corrected chi connectivity index (χ2v) is 13.5. The van der Waals surface area contributed by atoms with Gasteiger partial charge in [-0.3, -0.25) is 0 Å². The predicted octanol–water partition coefficient (Wildman–Crippen LogP) is 10.8. The summed E-state index contributed by atoms with van der Waals surface area (Å²) in [4.78, 5) is 10.5. The Morgan fingerprint density at radius 2 is 1.51 bits per heavy atom. The van der Waals surface area contributed by atoms with Gasteiger partial charge in [0.15, 0.2) is 5.58 Å². The highest BCUT2D eigenvalue weighted by atomic mass is 35.5. The van der Waals surface area contributed by atoms with Crippen LogP contribution in [0.2, 0.25) is 5.28 Å². The van der Waals surface area contributed by atoms with Gasteiger partial charge in [-0.2, -0.15) is 0 Å². The smallest absolute Gasteiger partial charge is 0.223 e. The van der Waals surface area contributed by atoms with Gasteiger partial charge in [0.05, 0.1) is 11.2 Å². The molecule has 1 aliphatic carbocycles. The molecule has 5 aromatic carbocycles. The second kappa shape index (κ2) is 9.10. The quantitative estimate of drug-likeness (QED) is 0.181. The van der Waals surface area contributed by atoms with E-state index in [0.29, 0.717) is 16.5 Å². The van der Waals surface area contributed by atoms with Crippen LogP contribution >= 0.6 is 23.4 Å². The van der Waals surface area contributed by atoms with Crippen molar-refractivity contribution < 1.29 is 4.42 Å². The topological polar surface area (TPSA) is 43.9 Å². The van der Waals surface area contributed by atoms with E-state index >= 15 is 0 Å². The average molecular weight is 618 g/mol. The number of thioether (sulfide) groups is 1. The van der Waals surface area contributed by atoms with Crippen molar-refractivity contribution in [3.63, 3.8) is 0 Å². The summed E-state index contributed by atoms with van der Waals surface area (Å²) < 4.78 is 8.70. The summed E-state index contributed by atoms with van der Waals surface area (Å²) in [6.07, 6.45) is 0. The Morgan fingerprint density at radius 1 is 0.778 bits per heavy atom. The standard InChI is InChI=1S/C39H24ClN3OS/c1-39-28-14-6-9-17-31(28)45-37(39)25-11-3-2-10-24(25)35-32(39)26-12-4-7-15-29(26)43(35)23-20-18-22(19-21-23)33-36-34(42-38(40)41-33)27-13-5-8-16-30(27)44-36/h2-21,37H,1H3. The third kappa shape index (κ3) is 3.34. The minimum atomic E-state index is -0.180. The summed E-state index contributed by atoms with van der Waals surface area (Å²) in [5, 5.41) is 2.72. The fourth-order valence-electron chi connectivity index (χ4n) is 7.78. The Labute approximate surface area is 268 Å². The van der Waals surface area contributed by atoms with Gasteiger partial charge in [-0.1, -0.05) is 84.9 Å². The molecular weight excluding hydrogens is 594 g/mol. The molecule has 2 atom stereocenters. The molecule has 45 heavy (non-hydrogen) atoms. The van der Waals surface area contributed by atoms with Gasteiger partial charge in [0, 0.05) is 43.1 Å².